The largest absolute Gasteiger partial charge is 0.315 e. The Kier molecular flexibility index (Phi) is 29.2. The Morgan fingerprint density at radius 1 is 0.450 bits per heavy atom. The smallest absolute Gasteiger partial charge is 0.0133 e. The van der Waals surface area contributed by atoms with E-state index in [-0.39, 0.29) is 0 Å². The van der Waals surface area contributed by atoms with E-state index in [2.05, 4.69) is 67.0 Å². The van der Waals surface area contributed by atoms with Crippen LogP contribution in [0.25, 0.3) is 0 Å². The van der Waals surface area contributed by atoms with Crippen LogP contribution < -0.4 is 5.32 Å². The van der Waals surface area contributed by atoms with Crippen LogP contribution in [0.15, 0.2) is 24.3 Å². The highest BCUT2D eigenvalue weighted by atomic mass is 32.2. The summed E-state index contributed by atoms with van der Waals surface area (Å²) in [4.78, 5) is 0. The maximum Gasteiger partial charge on any atom is 0.0133 e. The first-order chi connectivity index (χ1) is 19.8. The summed E-state index contributed by atoms with van der Waals surface area (Å²) in [5.41, 5.74) is 0.600. The first kappa shape index (κ1) is 38.2. The zero-order valence-electron chi connectivity index (χ0n) is 27.3. The lowest BCUT2D eigenvalue weighted by Gasteiger charge is -2.42. The van der Waals surface area contributed by atoms with Crippen molar-refractivity contribution in [3.63, 3.8) is 0 Å². The standard InChI is InChI=1S/C37H71NS2/c1-3-5-7-9-11-13-15-17-19-21-23-25-27-29-31-39-35-37(33-38-34-37)36-40-32-30-28-26-24-22-20-18-16-14-12-10-8-6-4-2/h13-16,38H,3-12,17-36H2,1-2H3/b15-13-,16-14-. The first-order valence-electron chi connectivity index (χ1n) is 18.0. The lowest BCUT2D eigenvalue weighted by atomic mass is 9.86. The average Bonchev–Trinajstić information content (AvgIpc) is 2.94. The van der Waals surface area contributed by atoms with Gasteiger partial charge in [-0.05, 0) is 75.7 Å². The maximum atomic E-state index is 3.58. The lowest BCUT2D eigenvalue weighted by Crippen LogP contribution is -2.56. The van der Waals surface area contributed by atoms with Gasteiger partial charge in [0.2, 0.25) is 0 Å². The molecule has 236 valence electrons. The minimum atomic E-state index is 0.600. The molecule has 0 aromatic heterocycles. The molecule has 0 bridgehead atoms. The third kappa shape index (κ3) is 24.7. The molecule has 1 rings (SSSR count). The molecule has 0 unspecified atom stereocenters. The molecular formula is C37H71NS2. The Morgan fingerprint density at radius 3 is 1.10 bits per heavy atom. The van der Waals surface area contributed by atoms with Crippen LogP contribution in [0.5, 0.6) is 0 Å². The summed E-state index contributed by atoms with van der Waals surface area (Å²) in [7, 11) is 0. The number of rotatable bonds is 32. The predicted molar refractivity (Wildman–Crippen MR) is 190 cm³/mol. The molecule has 1 fully saturated rings. The van der Waals surface area contributed by atoms with Gasteiger partial charge in [-0.15, -0.1) is 0 Å². The Bertz CT molecular complexity index is 510. The highest BCUT2D eigenvalue weighted by Gasteiger charge is 2.36. The number of unbranched alkanes of at least 4 members (excludes halogenated alkanes) is 20. The summed E-state index contributed by atoms with van der Waals surface area (Å²) in [6.07, 6.45) is 43.2. The Hall–Kier alpha value is 0.140. The van der Waals surface area contributed by atoms with Crippen LogP contribution in [-0.4, -0.2) is 36.1 Å². The van der Waals surface area contributed by atoms with E-state index < -0.39 is 0 Å². The number of thioether (sulfide) groups is 2. The van der Waals surface area contributed by atoms with Crippen molar-refractivity contribution in [2.45, 2.75) is 168 Å². The van der Waals surface area contributed by atoms with Gasteiger partial charge in [-0.1, -0.05) is 128 Å². The molecule has 0 spiro atoms. The van der Waals surface area contributed by atoms with Gasteiger partial charge in [0, 0.05) is 30.0 Å². The normalized spacial score (nSPS) is 14.9. The van der Waals surface area contributed by atoms with Crippen molar-refractivity contribution in [2.24, 2.45) is 5.41 Å². The minimum absolute atomic E-state index is 0.600. The molecular weight excluding hydrogens is 523 g/mol. The molecule has 0 amide bonds. The fraction of sp³-hybridized carbons (Fsp3) is 0.892. The van der Waals surface area contributed by atoms with Gasteiger partial charge in [-0.25, -0.2) is 0 Å². The monoisotopic (exact) mass is 594 g/mol. The number of hydrogen-bond donors (Lipinski definition) is 1. The molecule has 3 heteroatoms. The Balaban J connectivity index is 1.82. The molecule has 1 aliphatic heterocycles. The van der Waals surface area contributed by atoms with E-state index in [0.717, 1.165) is 0 Å². The average molecular weight is 594 g/mol. The van der Waals surface area contributed by atoms with Crippen LogP contribution >= 0.6 is 23.5 Å². The van der Waals surface area contributed by atoms with Crippen molar-refractivity contribution in [1.82, 2.24) is 5.32 Å². The molecule has 0 radical (unpaired) electrons. The fourth-order valence-corrected chi connectivity index (χ4v) is 8.21. The molecule has 0 aromatic carbocycles. The summed E-state index contributed by atoms with van der Waals surface area (Å²) < 4.78 is 0. The second kappa shape index (κ2) is 30.6. The van der Waals surface area contributed by atoms with Gasteiger partial charge in [-0.3, -0.25) is 0 Å². The van der Waals surface area contributed by atoms with E-state index >= 15 is 0 Å². The Morgan fingerprint density at radius 2 is 0.775 bits per heavy atom. The molecule has 1 aliphatic rings. The number of allylic oxidation sites excluding steroid dienone is 4. The third-order valence-corrected chi connectivity index (χ3v) is 11.2. The summed E-state index contributed by atoms with van der Waals surface area (Å²) >= 11 is 4.48. The van der Waals surface area contributed by atoms with E-state index in [1.165, 1.54) is 190 Å². The summed E-state index contributed by atoms with van der Waals surface area (Å²) in [6, 6.07) is 0. The molecule has 1 nitrogen and oxygen atoms in total. The molecule has 1 heterocycles. The Labute approximate surface area is 261 Å². The molecule has 40 heavy (non-hydrogen) atoms. The fourth-order valence-electron chi connectivity index (χ4n) is 5.50. The van der Waals surface area contributed by atoms with Crippen molar-refractivity contribution in [1.29, 1.82) is 0 Å². The summed E-state index contributed by atoms with van der Waals surface area (Å²) in [6.45, 7) is 7.09. The van der Waals surface area contributed by atoms with Crippen LogP contribution in [0.3, 0.4) is 0 Å². The second-order valence-electron chi connectivity index (χ2n) is 12.7. The third-order valence-electron chi connectivity index (χ3n) is 8.42. The van der Waals surface area contributed by atoms with Crippen LogP contribution in [0.1, 0.15) is 168 Å². The molecule has 0 aliphatic carbocycles. The van der Waals surface area contributed by atoms with Crippen molar-refractivity contribution in [3.8, 4) is 0 Å². The van der Waals surface area contributed by atoms with Crippen molar-refractivity contribution < 1.29 is 0 Å². The summed E-state index contributed by atoms with van der Waals surface area (Å²) in [5, 5.41) is 3.58. The van der Waals surface area contributed by atoms with Gasteiger partial charge in [0.25, 0.3) is 0 Å². The molecule has 1 N–H and O–H groups in total. The zero-order valence-corrected chi connectivity index (χ0v) is 29.0. The maximum absolute atomic E-state index is 3.58. The van der Waals surface area contributed by atoms with Gasteiger partial charge >= 0.3 is 0 Å². The quantitative estimate of drug-likeness (QED) is 0.0615. The van der Waals surface area contributed by atoms with Gasteiger partial charge in [0.1, 0.15) is 0 Å². The minimum Gasteiger partial charge on any atom is -0.315 e. The van der Waals surface area contributed by atoms with E-state index in [0.29, 0.717) is 5.41 Å². The number of hydrogen-bond acceptors (Lipinski definition) is 3. The highest BCUT2D eigenvalue weighted by Crippen LogP contribution is 2.32. The lowest BCUT2D eigenvalue weighted by molar-refractivity contribution is 0.240. The zero-order chi connectivity index (χ0) is 28.7. The molecule has 0 saturated carbocycles. The van der Waals surface area contributed by atoms with Crippen LogP contribution in [0.2, 0.25) is 0 Å². The van der Waals surface area contributed by atoms with E-state index in [9.17, 15) is 0 Å². The van der Waals surface area contributed by atoms with Gasteiger partial charge in [0.05, 0.1) is 0 Å². The van der Waals surface area contributed by atoms with E-state index in [1.54, 1.807) is 0 Å². The van der Waals surface area contributed by atoms with Crippen LogP contribution in [0.4, 0.5) is 0 Å². The van der Waals surface area contributed by atoms with Crippen LogP contribution in [-0.2, 0) is 0 Å². The second-order valence-corrected chi connectivity index (χ2v) is 14.9. The van der Waals surface area contributed by atoms with Crippen molar-refractivity contribution >= 4 is 23.5 Å². The first-order valence-corrected chi connectivity index (χ1v) is 20.3. The highest BCUT2D eigenvalue weighted by molar-refractivity contribution is 8.00. The van der Waals surface area contributed by atoms with E-state index in [4.69, 9.17) is 0 Å². The molecule has 0 atom stereocenters. The summed E-state index contributed by atoms with van der Waals surface area (Å²) in [5.74, 6) is 5.51. The van der Waals surface area contributed by atoms with Crippen molar-refractivity contribution in [2.75, 3.05) is 36.1 Å². The molecule has 0 aromatic rings. The van der Waals surface area contributed by atoms with Crippen LogP contribution in [0, 0.1) is 5.41 Å². The van der Waals surface area contributed by atoms with Crippen molar-refractivity contribution in [3.05, 3.63) is 24.3 Å². The molecule has 1 saturated heterocycles. The SMILES string of the molecule is CCCCCC/C=C\CCCCCCCCSCC1(CSCCCCCCCC/C=C\CCCCCC)CNC1. The van der Waals surface area contributed by atoms with Gasteiger partial charge in [-0.2, -0.15) is 23.5 Å². The van der Waals surface area contributed by atoms with E-state index in [1.807, 2.05) is 0 Å². The number of nitrogens with one attached hydrogen (secondary N) is 1. The predicted octanol–water partition coefficient (Wildman–Crippen LogP) is 12.6. The topological polar surface area (TPSA) is 12.0 Å². The van der Waals surface area contributed by atoms with Gasteiger partial charge in [0.15, 0.2) is 0 Å². The van der Waals surface area contributed by atoms with Gasteiger partial charge < -0.3 is 5.32 Å².